The summed E-state index contributed by atoms with van der Waals surface area (Å²) in [5.41, 5.74) is 1.20. The summed E-state index contributed by atoms with van der Waals surface area (Å²) in [5, 5.41) is 3.35. The van der Waals surface area contributed by atoms with Gasteiger partial charge < -0.3 is 5.32 Å². The molecule has 90 valence electrons. The molecule has 0 aromatic heterocycles. The average Bonchev–Trinajstić information content (AvgIpc) is 2.16. The second kappa shape index (κ2) is 5.60. The van der Waals surface area contributed by atoms with E-state index in [4.69, 9.17) is 0 Å². The Bertz CT molecular complexity index is 368. The van der Waals surface area contributed by atoms with E-state index in [1.807, 2.05) is 31.2 Å². The van der Waals surface area contributed by atoms with Crippen LogP contribution in [0.4, 0.5) is 0 Å². The van der Waals surface area contributed by atoms with Gasteiger partial charge in [-0.25, -0.2) is 0 Å². The molecule has 1 N–H and O–H groups in total. The lowest BCUT2D eigenvalue weighted by atomic mass is 10.1. The molecule has 1 aromatic rings. The summed E-state index contributed by atoms with van der Waals surface area (Å²) >= 11 is 0. The van der Waals surface area contributed by atoms with Crippen LogP contribution in [0.3, 0.4) is 0 Å². The summed E-state index contributed by atoms with van der Waals surface area (Å²) in [5.74, 6) is 0.669. The average molecular weight is 239 g/mol. The molecule has 0 saturated carbocycles. The number of aryl methyl sites for hydroxylation is 1. The van der Waals surface area contributed by atoms with Crippen molar-refractivity contribution in [3.8, 4) is 0 Å². The number of nitrogens with one attached hydrogen (secondary N) is 1. The zero-order valence-electron chi connectivity index (χ0n) is 10.5. The normalized spacial score (nSPS) is 13.8. The molecule has 1 aromatic carbocycles. The smallest absolute Gasteiger partial charge is 0.0545 e. The van der Waals surface area contributed by atoms with Crippen LogP contribution in [0, 0.1) is 6.92 Å². The first kappa shape index (κ1) is 13.4. The highest BCUT2D eigenvalue weighted by Gasteiger charge is 2.10. The highest BCUT2D eigenvalue weighted by Crippen LogP contribution is 2.12. The quantitative estimate of drug-likeness (QED) is 0.874. The minimum Gasteiger partial charge on any atom is -0.311 e. The van der Waals surface area contributed by atoms with Crippen molar-refractivity contribution < 1.29 is 4.21 Å². The third kappa shape index (κ3) is 4.45. The Labute approximate surface area is 101 Å². The molecule has 16 heavy (non-hydrogen) atoms. The van der Waals surface area contributed by atoms with Crippen LogP contribution in [0.1, 0.15) is 26.3 Å². The summed E-state index contributed by atoms with van der Waals surface area (Å²) in [6, 6.07) is 7.87. The summed E-state index contributed by atoms with van der Waals surface area (Å²) in [4.78, 5) is 0.957. The van der Waals surface area contributed by atoms with Gasteiger partial charge in [0.1, 0.15) is 0 Å². The SMILES string of the molecule is Cc1ccccc1S(=O)CCNC(C)(C)C. The van der Waals surface area contributed by atoms with Gasteiger partial charge >= 0.3 is 0 Å². The molecule has 0 amide bonds. The fraction of sp³-hybridized carbons (Fsp3) is 0.538. The fourth-order valence-corrected chi connectivity index (χ4v) is 2.61. The number of hydrogen-bond acceptors (Lipinski definition) is 2. The van der Waals surface area contributed by atoms with Gasteiger partial charge in [0, 0.05) is 22.7 Å². The van der Waals surface area contributed by atoms with Crippen molar-refractivity contribution in [2.24, 2.45) is 0 Å². The van der Waals surface area contributed by atoms with Crippen LogP contribution in [0.25, 0.3) is 0 Å². The molecule has 1 rings (SSSR count). The van der Waals surface area contributed by atoms with Crippen molar-refractivity contribution in [1.82, 2.24) is 5.32 Å². The summed E-state index contributed by atoms with van der Waals surface area (Å²) in [6.45, 7) is 9.13. The molecule has 0 heterocycles. The molecule has 1 atom stereocenters. The minimum atomic E-state index is -0.892. The van der Waals surface area contributed by atoms with E-state index in [2.05, 4.69) is 26.1 Å². The van der Waals surface area contributed by atoms with Gasteiger partial charge in [-0.3, -0.25) is 4.21 Å². The number of rotatable bonds is 4. The Balaban J connectivity index is 2.51. The Kier molecular flexibility index (Phi) is 4.69. The first-order valence-electron chi connectivity index (χ1n) is 5.59. The van der Waals surface area contributed by atoms with E-state index in [1.165, 1.54) is 0 Å². The maximum atomic E-state index is 12.0. The van der Waals surface area contributed by atoms with Crippen molar-refractivity contribution >= 4 is 10.8 Å². The third-order valence-electron chi connectivity index (χ3n) is 2.28. The van der Waals surface area contributed by atoms with E-state index in [0.717, 1.165) is 17.0 Å². The standard InChI is InChI=1S/C13H21NOS/c1-11-7-5-6-8-12(11)16(15)10-9-14-13(2,3)4/h5-8,14H,9-10H2,1-4H3. The van der Waals surface area contributed by atoms with Gasteiger partial charge in [0.25, 0.3) is 0 Å². The lowest BCUT2D eigenvalue weighted by Gasteiger charge is -2.20. The molecular weight excluding hydrogens is 218 g/mol. The van der Waals surface area contributed by atoms with Gasteiger partial charge in [0.05, 0.1) is 10.8 Å². The maximum Gasteiger partial charge on any atom is 0.0545 e. The van der Waals surface area contributed by atoms with Crippen molar-refractivity contribution in [2.45, 2.75) is 38.1 Å². The lowest BCUT2D eigenvalue weighted by molar-refractivity contribution is 0.440. The molecule has 0 saturated heterocycles. The van der Waals surface area contributed by atoms with Crippen molar-refractivity contribution in [3.63, 3.8) is 0 Å². The summed E-state index contributed by atoms with van der Waals surface area (Å²) < 4.78 is 12.0. The molecule has 0 radical (unpaired) electrons. The van der Waals surface area contributed by atoms with E-state index < -0.39 is 10.8 Å². The van der Waals surface area contributed by atoms with Crippen LogP contribution < -0.4 is 5.32 Å². The van der Waals surface area contributed by atoms with Crippen molar-refractivity contribution in [1.29, 1.82) is 0 Å². The predicted octanol–water partition coefficient (Wildman–Crippen LogP) is 2.49. The second-order valence-electron chi connectivity index (χ2n) is 4.99. The van der Waals surface area contributed by atoms with Crippen LogP contribution in [-0.4, -0.2) is 22.0 Å². The van der Waals surface area contributed by atoms with Gasteiger partial charge in [-0.15, -0.1) is 0 Å². The first-order valence-corrected chi connectivity index (χ1v) is 6.91. The zero-order chi connectivity index (χ0) is 12.2. The topological polar surface area (TPSA) is 29.1 Å². The van der Waals surface area contributed by atoms with E-state index in [1.54, 1.807) is 0 Å². The predicted molar refractivity (Wildman–Crippen MR) is 70.2 cm³/mol. The molecule has 0 fully saturated rings. The van der Waals surface area contributed by atoms with Crippen LogP contribution >= 0.6 is 0 Å². The lowest BCUT2D eigenvalue weighted by Crippen LogP contribution is -2.38. The highest BCUT2D eigenvalue weighted by atomic mass is 32.2. The van der Waals surface area contributed by atoms with Gasteiger partial charge in [-0.05, 0) is 39.3 Å². The van der Waals surface area contributed by atoms with E-state index in [-0.39, 0.29) is 5.54 Å². The molecular formula is C13H21NOS. The monoisotopic (exact) mass is 239 g/mol. The molecule has 1 unspecified atom stereocenters. The molecule has 3 heteroatoms. The maximum absolute atomic E-state index is 12.0. The molecule has 0 aliphatic heterocycles. The molecule has 0 spiro atoms. The Hall–Kier alpha value is -0.670. The summed E-state index contributed by atoms with van der Waals surface area (Å²) in [6.07, 6.45) is 0. The Morgan fingerprint density at radius 3 is 2.44 bits per heavy atom. The molecule has 2 nitrogen and oxygen atoms in total. The van der Waals surface area contributed by atoms with Crippen LogP contribution in [0.2, 0.25) is 0 Å². The molecule has 0 aliphatic rings. The Morgan fingerprint density at radius 1 is 1.25 bits per heavy atom. The van der Waals surface area contributed by atoms with E-state index in [0.29, 0.717) is 5.75 Å². The van der Waals surface area contributed by atoms with Crippen LogP contribution in [0.15, 0.2) is 29.2 Å². The third-order valence-corrected chi connectivity index (χ3v) is 3.81. The first-order chi connectivity index (χ1) is 7.40. The summed E-state index contributed by atoms with van der Waals surface area (Å²) in [7, 11) is -0.892. The van der Waals surface area contributed by atoms with Gasteiger partial charge in [0.2, 0.25) is 0 Å². The Morgan fingerprint density at radius 2 is 1.88 bits per heavy atom. The van der Waals surface area contributed by atoms with Crippen molar-refractivity contribution in [3.05, 3.63) is 29.8 Å². The zero-order valence-corrected chi connectivity index (χ0v) is 11.4. The number of benzene rings is 1. The van der Waals surface area contributed by atoms with Gasteiger partial charge in [-0.2, -0.15) is 0 Å². The van der Waals surface area contributed by atoms with Crippen LogP contribution in [-0.2, 0) is 10.8 Å². The van der Waals surface area contributed by atoms with Gasteiger partial charge in [-0.1, -0.05) is 18.2 Å². The minimum absolute atomic E-state index is 0.0932. The van der Waals surface area contributed by atoms with Crippen molar-refractivity contribution in [2.75, 3.05) is 12.3 Å². The van der Waals surface area contributed by atoms with E-state index >= 15 is 0 Å². The fourth-order valence-electron chi connectivity index (χ4n) is 1.44. The highest BCUT2D eigenvalue weighted by molar-refractivity contribution is 7.85. The number of hydrogen-bond donors (Lipinski definition) is 1. The second-order valence-corrected chi connectivity index (χ2v) is 6.53. The van der Waals surface area contributed by atoms with Gasteiger partial charge in [0.15, 0.2) is 0 Å². The largest absolute Gasteiger partial charge is 0.311 e. The van der Waals surface area contributed by atoms with Crippen LogP contribution in [0.5, 0.6) is 0 Å². The molecule has 0 bridgehead atoms. The van der Waals surface area contributed by atoms with E-state index in [9.17, 15) is 4.21 Å². The molecule has 0 aliphatic carbocycles.